The SMILES string of the molecule is CCn1cccc1-c1ccccc1NCC1=NCCN1.O=C(O)C=CC(=O)O. The number of aliphatic imine (C=N–C) groups is 1. The molecule has 1 aromatic heterocycles. The van der Waals surface area contributed by atoms with Crippen molar-refractivity contribution in [1.82, 2.24) is 9.88 Å². The Morgan fingerprint density at radius 1 is 1.18 bits per heavy atom. The van der Waals surface area contributed by atoms with Gasteiger partial charge in [-0.05, 0) is 25.1 Å². The van der Waals surface area contributed by atoms with Crippen molar-refractivity contribution < 1.29 is 19.8 Å². The number of aliphatic carboxylic acids is 2. The van der Waals surface area contributed by atoms with Gasteiger partial charge in [0.05, 0.1) is 18.8 Å². The molecule has 0 saturated carbocycles. The first-order valence-corrected chi connectivity index (χ1v) is 8.90. The Labute approximate surface area is 163 Å². The van der Waals surface area contributed by atoms with Gasteiger partial charge in [0.2, 0.25) is 0 Å². The van der Waals surface area contributed by atoms with Gasteiger partial charge in [-0.1, -0.05) is 18.2 Å². The number of hydrogen-bond donors (Lipinski definition) is 4. The highest BCUT2D eigenvalue weighted by Gasteiger charge is 2.09. The van der Waals surface area contributed by atoms with Crippen LogP contribution >= 0.6 is 0 Å². The molecule has 0 radical (unpaired) electrons. The Bertz CT molecular complexity index is 855. The van der Waals surface area contributed by atoms with E-state index < -0.39 is 11.9 Å². The van der Waals surface area contributed by atoms with Gasteiger partial charge in [-0.25, -0.2) is 9.59 Å². The minimum absolute atomic E-state index is 0.558. The Morgan fingerprint density at radius 2 is 1.89 bits per heavy atom. The number of anilines is 1. The molecule has 2 aromatic rings. The average molecular weight is 384 g/mol. The molecule has 148 valence electrons. The topological polar surface area (TPSA) is 116 Å². The number of benzene rings is 1. The maximum Gasteiger partial charge on any atom is 0.328 e. The molecule has 8 nitrogen and oxygen atoms in total. The first-order valence-electron chi connectivity index (χ1n) is 8.90. The van der Waals surface area contributed by atoms with Crippen molar-refractivity contribution in [2.75, 3.05) is 25.0 Å². The number of carboxylic acid groups (broad SMARTS) is 2. The lowest BCUT2D eigenvalue weighted by Gasteiger charge is -2.14. The molecule has 8 heteroatoms. The molecule has 28 heavy (non-hydrogen) atoms. The lowest BCUT2D eigenvalue weighted by atomic mass is 10.1. The van der Waals surface area contributed by atoms with Crippen LogP contribution in [0.2, 0.25) is 0 Å². The van der Waals surface area contributed by atoms with Crippen LogP contribution in [0.25, 0.3) is 11.3 Å². The van der Waals surface area contributed by atoms with Crippen molar-refractivity contribution in [3.8, 4) is 11.3 Å². The number of amidine groups is 1. The van der Waals surface area contributed by atoms with Crippen LogP contribution in [0.1, 0.15) is 6.92 Å². The fourth-order valence-electron chi connectivity index (χ4n) is 2.68. The molecule has 1 aliphatic heterocycles. The molecule has 0 saturated heterocycles. The second kappa shape index (κ2) is 10.6. The summed E-state index contributed by atoms with van der Waals surface area (Å²) in [6.45, 7) is 5.74. The van der Waals surface area contributed by atoms with Crippen LogP contribution in [0.3, 0.4) is 0 Å². The van der Waals surface area contributed by atoms with Crippen molar-refractivity contribution in [3.05, 3.63) is 54.7 Å². The van der Waals surface area contributed by atoms with Gasteiger partial charge in [-0.2, -0.15) is 0 Å². The fraction of sp³-hybridized carbons (Fsp3) is 0.250. The molecule has 2 heterocycles. The largest absolute Gasteiger partial charge is 0.478 e. The van der Waals surface area contributed by atoms with Gasteiger partial charge in [0.1, 0.15) is 5.84 Å². The van der Waals surface area contributed by atoms with E-state index in [9.17, 15) is 9.59 Å². The molecular weight excluding hydrogens is 360 g/mol. The van der Waals surface area contributed by atoms with Crippen LogP contribution < -0.4 is 10.6 Å². The van der Waals surface area contributed by atoms with Crippen molar-refractivity contribution in [2.45, 2.75) is 13.5 Å². The number of para-hydroxylation sites is 1. The second-order valence-corrected chi connectivity index (χ2v) is 5.84. The molecule has 3 rings (SSSR count). The smallest absolute Gasteiger partial charge is 0.328 e. The summed E-state index contributed by atoms with van der Waals surface area (Å²) in [4.78, 5) is 23.5. The summed E-state index contributed by atoms with van der Waals surface area (Å²) in [5.74, 6) is -1.47. The van der Waals surface area contributed by atoms with Crippen molar-refractivity contribution in [3.63, 3.8) is 0 Å². The van der Waals surface area contributed by atoms with E-state index in [2.05, 4.69) is 69.7 Å². The van der Waals surface area contributed by atoms with Crippen LogP contribution in [-0.2, 0) is 16.1 Å². The third-order valence-electron chi connectivity index (χ3n) is 3.93. The number of aromatic nitrogens is 1. The summed E-state index contributed by atoms with van der Waals surface area (Å²) >= 11 is 0. The Hall–Kier alpha value is -3.55. The predicted molar refractivity (Wildman–Crippen MR) is 109 cm³/mol. The van der Waals surface area contributed by atoms with E-state index in [1.54, 1.807) is 0 Å². The molecule has 0 fully saturated rings. The van der Waals surface area contributed by atoms with E-state index in [1.807, 2.05) is 0 Å². The van der Waals surface area contributed by atoms with E-state index in [0.29, 0.717) is 12.2 Å². The molecule has 0 bridgehead atoms. The summed E-state index contributed by atoms with van der Waals surface area (Å²) in [6.07, 6.45) is 3.24. The zero-order valence-electron chi connectivity index (χ0n) is 15.6. The highest BCUT2D eigenvalue weighted by atomic mass is 16.4. The molecule has 0 amide bonds. The summed E-state index contributed by atoms with van der Waals surface area (Å²) in [6, 6.07) is 12.7. The third-order valence-corrected chi connectivity index (χ3v) is 3.93. The lowest BCUT2D eigenvalue weighted by molar-refractivity contribution is -0.134. The molecule has 0 spiro atoms. The maximum atomic E-state index is 9.55. The summed E-state index contributed by atoms with van der Waals surface area (Å²) in [5.41, 5.74) is 3.63. The summed E-state index contributed by atoms with van der Waals surface area (Å²) in [5, 5.41) is 22.4. The lowest BCUT2D eigenvalue weighted by Crippen LogP contribution is -2.26. The number of carbonyl (C=O) groups is 2. The summed E-state index contributed by atoms with van der Waals surface area (Å²) < 4.78 is 2.26. The second-order valence-electron chi connectivity index (χ2n) is 5.84. The van der Waals surface area contributed by atoms with Crippen molar-refractivity contribution >= 4 is 23.5 Å². The van der Waals surface area contributed by atoms with Gasteiger partial charge in [0.25, 0.3) is 0 Å². The van der Waals surface area contributed by atoms with E-state index >= 15 is 0 Å². The van der Waals surface area contributed by atoms with Crippen LogP contribution in [0, 0.1) is 0 Å². The quantitative estimate of drug-likeness (QED) is 0.545. The number of aryl methyl sites for hydroxylation is 1. The number of carboxylic acids is 2. The third kappa shape index (κ3) is 6.31. The molecule has 1 aliphatic rings. The monoisotopic (exact) mass is 384 g/mol. The van der Waals surface area contributed by atoms with Crippen molar-refractivity contribution in [1.29, 1.82) is 0 Å². The van der Waals surface area contributed by atoms with Gasteiger partial charge in [0.15, 0.2) is 0 Å². The van der Waals surface area contributed by atoms with Crippen LogP contribution in [-0.4, -0.2) is 52.2 Å². The first-order chi connectivity index (χ1) is 13.5. The molecule has 0 unspecified atom stereocenters. The zero-order chi connectivity index (χ0) is 20.4. The number of nitrogens with one attached hydrogen (secondary N) is 2. The highest BCUT2D eigenvalue weighted by Crippen LogP contribution is 2.28. The Balaban J connectivity index is 0.000000300. The van der Waals surface area contributed by atoms with Gasteiger partial charge < -0.3 is 25.4 Å². The number of nitrogens with zero attached hydrogens (tertiary/aromatic N) is 2. The van der Waals surface area contributed by atoms with Gasteiger partial charge in [-0.15, -0.1) is 0 Å². The normalized spacial score (nSPS) is 12.7. The number of rotatable bonds is 7. The predicted octanol–water partition coefficient (Wildman–Crippen LogP) is 2.30. The molecular formula is C20H24N4O4. The zero-order valence-corrected chi connectivity index (χ0v) is 15.6. The summed E-state index contributed by atoms with van der Waals surface area (Å²) in [7, 11) is 0. The minimum Gasteiger partial charge on any atom is -0.478 e. The van der Waals surface area contributed by atoms with Gasteiger partial charge in [0, 0.05) is 42.7 Å². The van der Waals surface area contributed by atoms with Crippen molar-refractivity contribution in [2.24, 2.45) is 4.99 Å². The Morgan fingerprint density at radius 3 is 2.50 bits per heavy atom. The maximum absolute atomic E-state index is 9.55. The highest BCUT2D eigenvalue weighted by molar-refractivity contribution is 5.90. The molecule has 4 N–H and O–H groups in total. The van der Waals surface area contributed by atoms with Crippen LogP contribution in [0.4, 0.5) is 5.69 Å². The first kappa shape index (κ1) is 20.8. The fourth-order valence-corrected chi connectivity index (χ4v) is 2.68. The van der Waals surface area contributed by atoms with E-state index in [-0.39, 0.29) is 0 Å². The standard InChI is InChI=1S/C16H20N4.C4H4O4/c1-2-20-11-5-8-15(20)13-6-3-4-7-14(13)19-12-16-17-9-10-18-16;5-3(6)1-2-4(7)8/h3-8,11,19H,2,9-10,12H2,1H3,(H,17,18);1-2H,(H,5,6)(H,7,8). The van der Waals surface area contributed by atoms with E-state index in [4.69, 9.17) is 10.2 Å². The minimum atomic E-state index is -1.26. The Kier molecular flexibility index (Phi) is 7.83. The molecule has 0 atom stereocenters. The van der Waals surface area contributed by atoms with Crippen LogP contribution in [0.15, 0.2) is 59.7 Å². The van der Waals surface area contributed by atoms with Crippen LogP contribution in [0.5, 0.6) is 0 Å². The van der Waals surface area contributed by atoms with E-state index in [1.165, 1.54) is 11.3 Å². The van der Waals surface area contributed by atoms with Gasteiger partial charge in [-0.3, -0.25) is 4.99 Å². The molecule has 1 aromatic carbocycles. The van der Waals surface area contributed by atoms with Gasteiger partial charge >= 0.3 is 11.9 Å². The average Bonchev–Trinajstić information content (AvgIpc) is 3.37. The molecule has 0 aliphatic carbocycles. The van der Waals surface area contributed by atoms with E-state index in [0.717, 1.165) is 37.7 Å². The number of hydrogen-bond acceptors (Lipinski definition) is 5.